The predicted octanol–water partition coefficient (Wildman–Crippen LogP) is 6.44. The van der Waals surface area contributed by atoms with Crippen LogP contribution in [0.2, 0.25) is 0 Å². The Labute approximate surface area is 222 Å². The van der Waals surface area contributed by atoms with E-state index in [0.29, 0.717) is 35.8 Å². The second-order valence-electron chi connectivity index (χ2n) is 10.6. The van der Waals surface area contributed by atoms with E-state index >= 15 is 4.39 Å². The minimum Gasteiger partial charge on any atom is -0.444 e. The number of amides is 1. The molecule has 0 saturated carbocycles. The number of rotatable bonds is 4. The van der Waals surface area contributed by atoms with Crippen LogP contribution in [0.25, 0.3) is 28.1 Å². The van der Waals surface area contributed by atoms with Gasteiger partial charge in [0.1, 0.15) is 11.3 Å². The number of nitrogen functional groups attached to an aromatic ring is 1. The van der Waals surface area contributed by atoms with Crippen molar-refractivity contribution in [3.63, 3.8) is 0 Å². The summed E-state index contributed by atoms with van der Waals surface area (Å²) in [6.07, 6.45) is 6.73. The molecular weight excluding hydrogens is 481 g/mol. The summed E-state index contributed by atoms with van der Waals surface area (Å²) in [5.74, 6) is -0.0971. The van der Waals surface area contributed by atoms with Gasteiger partial charge in [0.2, 0.25) is 0 Å². The van der Waals surface area contributed by atoms with E-state index in [4.69, 9.17) is 15.6 Å². The van der Waals surface area contributed by atoms with Gasteiger partial charge in [-0.3, -0.25) is 4.98 Å². The van der Waals surface area contributed by atoms with Gasteiger partial charge in [-0.2, -0.15) is 5.10 Å². The SMILES string of the molecule is CC(C)(C)OC(=O)N1CCC(c2ccc(-n3cc(-c4cccc(N)c4F)c(-c4ccncc4)n3)cc2)CC1. The third-order valence-electron chi connectivity index (χ3n) is 6.76. The first kappa shape index (κ1) is 25.4. The van der Waals surface area contributed by atoms with Crippen LogP contribution in [-0.2, 0) is 4.74 Å². The molecule has 7 nitrogen and oxygen atoms in total. The molecule has 3 heterocycles. The molecule has 5 rings (SSSR count). The number of likely N-dealkylation sites (tertiary alicyclic amines) is 1. The molecule has 0 radical (unpaired) electrons. The van der Waals surface area contributed by atoms with Gasteiger partial charge in [-0.05, 0) is 75.4 Å². The van der Waals surface area contributed by atoms with Crippen LogP contribution < -0.4 is 5.73 Å². The smallest absolute Gasteiger partial charge is 0.410 e. The molecular formula is C30H32FN5O2. The van der Waals surface area contributed by atoms with Crippen molar-refractivity contribution >= 4 is 11.8 Å². The lowest BCUT2D eigenvalue weighted by atomic mass is 9.89. The van der Waals surface area contributed by atoms with Gasteiger partial charge in [-0.25, -0.2) is 13.9 Å². The van der Waals surface area contributed by atoms with Gasteiger partial charge in [0.05, 0.1) is 11.4 Å². The summed E-state index contributed by atoms with van der Waals surface area (Å²) in [5, 5.41) is 4.82. The number of halogens is 1. The first-order valence-corrected chi connectivity index (χ1v) is 12.8. The molecule has 2 aromatic carbocycles. The van der Waals surface area contributed by atoms with Gasteiger partial charge < -0.3 is 15.4 Å². The Hall–Kier alpha value is -4.20. The lowest BCUT2D eigenvalue weighted by Crippen LogP contribution is -2.41. The Bertz CT molecular complexity index is 1420. The molecule has 1 saturated heterocycles. The average molecular weight is 514 g/mol. The molecule has 1 aliphatic rings. The molecule has 1 amide bonds. The Morgan fingerprint density at radius 1 is 1.00 bits per heavy atom. The lowest BCUT2D eigenvalue weighted by molar-refractivity contribution is 0.0205. The van der Waals surface area contributed by atoms with Gasteiger partial charge in [-0.15, -0.1) is 0 Å². The van der Waals surface area contributed by atoms with Crippen molar-refractivity contribution in [1.82, 2.24) is 19.7 Å². The molecule has 2 N–H and O–H groups in total. The van der Waals surface area contributed by atoms with Gasteiger partial charge in [0, 0.05) is 48.4 Å². The minimum atomic E-state index is -0.494. The zero-order valence-corrected chi connectivity index (χ0v) is 21.9. The maximum atomic E-state index is 15.0. The quantitative estimate of drug-likeness (QED) is 0.318. The number of carbonyl (C=O) groups is 1. The second kappa shape index (κ2) is 10.3. The molecule has 0 atom stereocenters. The molecule has 0 aliphatic carbocycles. The van der Waals surface area contributed by atoms with Gasteiger partial charge in [0.25, 0.3) is 0 Å². The van der Waals surface area contributed by atoms with Crippen LogP contribution in [0.1, 0.15) is 45.1 Å². The van der Waals surface area contributed by atoms with Crippen LogP contribution >= 0.6 is 0 Å². The number of piperidine rings is 1. The fourth-order valence-corrected chi connectivity index (χ4v) is 4.81. The predicted molar refractivity (Wildman–Crippen MR) is 146 cm³/mol. The third kappa shape index (κ3) is 5.39. The summed E-state index contributed by atoms with van der Waals surface area (Å²) in [7, 11) is 0. The second-order valence-corrected chi connectivity index (χ2v) is 10.6. The number of hydrogen-bond donors (Lipinski definition) is 1. The van der Waals surface area contributed by atoms with E-state index in [1.54, 1.807) is 40.2 Å². The molecule has 0 unspecified atom stereocenters. The van der Waals surface area contributed by atoms with E-state index in [1.807, 2.05) is 51.2 Å². The number of benzene rings is 2. The Kier molecular flexibility index (Phi) is 6.89. The standard InChI is InChI=1S/C30H32FN5O2/c1-30(2,3)38-29(37)35-17-13-21(14-18-35)20-7-9-23(10-8-20)36-19-25(24-5-4-6-26(32)27(24)31)28(34-36)22-11-15-33-16-12-22/h4-12,15-16,19,21H,13-14,17-18,32H2,1-3H3. The molecule has 0 spiro atoms. The lowest BCUT2D eigenvalue weighted by Gasteiger charge is -2.33. The highest BCUT2D eigenvalue weighted by Gasteiger charge is 2.27. The Morgan fingerprint density at radius 2 is 1.68 bits per heavy atom. The van der Waals surface area contributed by atoms with Crippen LogP contribution in [0.5, 0.6) is 0 Å². The average Bonchev–Trinajstić information content (AvgIpc) is 3.35. The van der Waals surface area contributed by atoms with Crippen molar-refractivity contribution < 1.29 is 13.9 Å². The van der Waals surface area contributed by atoms with Crippen molar-refractivity contribution in [2.24, 2.45) is 0 Å². The number of ether oxygens (including phenoxy) is 1. The zero-order valence-electron chi connectivity index (χ0n) is 21.9. The van der Waals surface area contributed by atoms with Gasteiger partial charge in [-0.1, -0.05) is 24.3 Å². The molecule has 1 fully saturated rings. The van der Waals surface area contributed by atoms with Crippen LogP contribution in [0, 0.1) is 5.82 Å². The van der Waals surface area contributed by atoms with Crippen molar-refractivity contribution in [2.45, 2.75) is 45.1 Å². The monoisotopic (exact) mass is 513 g/mol. The highest BCUT2D eigenvalue weighted by molar-refractivity contribution is 5.82. The number of pyridine rings is 1. The number of anilines is 1. The number of carbonyl (C=O) groups excluding carboxylic acids is 1. The number of hydrogen-bond acceptors (Lipinski definition) is 5. The van der Waals surface area contributed by atoms with Gasteiger partial charge in [0.15, 0.2) is 5.82 Å². The summed E-state index contributed by atoms with van der Waals surface area (Å²) in [5.41, 5.74) is 10.1. The van der Waals surface area contributed by atoms with E-state index in [2.05, 4.69) is 17.1 Å². The molecule has 2 aromatic heterocycles. The molecule has 4 aromatic rings. The molecule has 38 heavy (non-hydrogen) atoms. The van der Waals surface area contributed by atoms with E-state index < -0.39 is 11.4 Å². The van der Waals surface area contributed by atoms with E-state index in [1.165, 1.54) is 5.56 Å². The minimum absolute atomic E-state index is 0.0954. The van der Waals surface area contributed by atoms with Crippen LogP contribution in [0.4, 0.5) is 14.9 Å². The molecule has 0 bridgehead atoms. The van der Waals surface area contributed by atoms with Crippen molar-refractivity contribution in [3.05, 3.63) is 84.6 Å². The highest BCUT2D eigenvalue weighted by atomic mass is 19.1. The first-order chi connectivity index (χ1) is 18.2. The van der Waals surface area contributed by atoms with Gasteiger partial charge >= 0.3 is 6.09 Å². The fourth-order valence-electron chi connectivity index (χ4n) is 4.81. The molecule has 1 aliphatic heterocycles. The molecule has 8 heteroatoms. The topological polar surface area (TPSA) is 86.3 Å². The maximum absolute atomic E-state index is 15.0. The van der Waals surface area contributed by atoms with E-state index in [9.17, 15) is 4.79 Å². The van der Waals surface area contributed by atoms with Crippen LogP contribution in [0.15, 0.2) is 73.2 Å². The van der Waals surface area contributed by atoms with Crippen molar-refractivity contribution in [1.29, 1.82) is 0 Å². The highest BCUT2D eigenvalue weighted by Crippen LogP contribution is 2.35. The Morgan fingerprint density at radius 3 is 2.34 bits per heavy atom. The normalized spacial score (nSPS) is 14.5. The third-order valence-corrected chi connectivity index (χ3v) is 6.76. The summed E-state index contributed by atoms with van der Waals surface area (Å²) in [6.45, 7) is 6.99. The number of nitrogens with two attached hydrogens (primary N) is 1. The number of nitrogens with zero attached hydrogens (tertiary/aromatic N) is 4. The number of aromatic nitrogens is 3. The van der Waals surface area contributed by atoms with E-state index in [0.717, 1.165) is 24.1 Å². The summed E-state index contributed by atoms with van der Waals surface area (Å²) in [6, 6.07) is 17.0. The first-order valence-electron chi connectivity index (χ1n) is 12.8. The van der Waals surface area contributed by atoms with Crippen molar-refractivity contribution in [2.75, 3.05) is 18.8 Å². The summed E-state index contributed by atoms with van der Waals surface area (Å²) >= 11 is 0. The van der Waals surface area contributed by atoms with E-state index in [-0.39, 0.29) is 11.8 Å². The Balaban J connectivity index is 1.38. The maximum Gasteiger partial charge on any atom is 0.410 e. The van der Waals surface area contributed by atoms with Crippen molar-refractivity contribution in [3.8, 4) is 28.1 Å². The summed E-state index contributed by atoms with van der Waals surface area (Å²) in [4.78, 5) is 18.3. The zero-order chi connectivity index (χ0) is 26.9. The molecule has 196 valence electrons. The fraction of sp³-hybridized carbons (Fsp3) is 0.300. The van der Waals surface area contributed by atoms with Crippen LogP contribution in [-0.4, -0.2) is 44.4 Å². The largest absolute Gasteiger partial charge is 0.444 e. The summed E-state index contributed by atoms with van der Waals surface area (Å²) < 4.78 is 22.3. The van der Waals surface area contributed by atoms with Crippen LogP contribution in [0.3, 0.4) is 0 Å².